The van der Waals surface area contributed by atoms with Crippen molar-refractivity contribution in [2.45, 2.75) is 0 Å². The minimum atomic E-state index is -0.969. The third-order valence-corrected chi connectivity index (χ3v) is 2.23. The van der Waals surface area contributed by atoms with Crippen LogP contribution in [0.1, 0.15) is 5.69 Å². The molecule has 0 fully saturated rings. The molecule has 7 nitrogen and oxygen atoms in total. The van der Waals surface area contributed by atoms with Gasteiger partial charge in [0.05, 0.1) is 0 Å². The van der Waals surface area contributed by atoms with Gasteiger partial charge < -0.3 is 14.9 Å². The van der Waals surface area contributed by atoms with Gasteiger partial charge in [0.25, 0.3) is 0 Å². The molecule has 0 aliphatic rings. The van der Waals surface area contributed by atoms with Gasteiger partial charge in [-0.3, -0.25) is 4.79 Å². The number of carboxylic acid groups (broad SMARTS) is 1. The molecule has 0 radical (unpaired) electrons. The lowest BCUT2D eigenvalue weighted by molar-refractivity contribution is -0.135. The number of aliphatic carboxylic acids is 1. The summed E-state index contributed by atoms with van der Waals surface area (Å²) in [6, 6.07) is 1.92. The molecule has 18 heavy (non-hydrogen) atoms. The van der Waals surface area contributed by atoms with Gasteiger partial charge in [0.15, 0.2) is 11.5 Å². The van der Waals surface area contributed by atoms with E-state index in [-0.39, 0.29) is 12.2 Å². The Labute approximate surface area is 105 Å². The van der Waals surface area contributed by atoms with Crippen LogP contribution in [-0.4, -0.2) is 59.7 Å². The summed E-state index contributed by atoms with van der Waals surface area (Å²) in [6.45, 7) is 0.919. The van der Waals surface area contributed by atoms with Crippen LogP contribution in [0.5, 0.6) is 0 Å². The molecular weight excluding hydrogens is 234 g/mol. The van der Waals surface area contributed by atoms with Gasteiger partial charge in [-0.05, 0) is 14.1 Å². The first-order valence-electron chi connectivity index (χ1n) is 5.37. The first-order chi connectivity index (χ1) is 8.54. The summed E-state index contributed by atoms with van der Waals surface area (Å²) >= 11 is 0. The van der Waals surface area contributed by atoms with Crippen LogP contribution in [0.3, 0.4) is 0 Å². The molecule has 0 amide bonds. The van der Waals surface area contributed by atoms with E-state index in [9.17, 15) is 4.79 Å². The zero-order valence-electron chi connectivity index (χ0n) is 10.4. The fourth-order valence-corrected chi connectivity index (χ4v) is 1.38. The van der Waals surface area contributed by atoms with Gasteiger partial charge in [0, 0.05) is 25.5 Å². The monoisotopic (exact) mass is 249 g/mol. The van der Waals surface area contributed by atoms with Crippen molar-refractivity contribution in [3.05, 3.63) is 18.1 Å². The molecule has 1 heterocycles. The molecule has 0 atom stereocenters. The summed E-state index contributed by atoms with van der Waals surface area (Å²) in [5, 5.41) is 17.8. The average Bonchev–Trinajstić information content (AvgIpc) is 2.33. The van der Waals surface area contributed by atoms with Crippen LogP contribution in [0.2, 0.25) is 0 Å². The van der Waals surface area contributed by atoms with Gasteiger partial charge in [0.1, 0.15) is 12.6 Å². The van der Waals surface area contributed by atoms with Gasteiger partial charge in [-0.2, -0.15) is 5.26 Å². The number of aromatic nitrogens is 2. The summed E-state index contributed by atoms with van der Waals surface area (Å²) in [6.07, 6.45) is 2.85. The summed E-state index contributed by atoms with van der Waals surface area (Å²) in [5.74, 6) is -0.660. The van der Waals surface area contributed by atoms with E-state index in [0.717, 1.165) is 0 Å². The van der Waals surface area contributed by atoms with Crippen molar-refractivity contribution in [1.82, 2.24) is 14.9 Å². The fourth-order valence-electron chi connectivity index (χ4n) is 1.38. The van der Waals surface area contributed by atoms with Crippen LogP contribution < -0.4 is 4.90 Å². The Kier molecular flexibility index (Phi) is 5.02. The predicted molar refractivity (Wildman–Crippen MR) is 65.1 cm³/mol. The first-order valence-corrected chi connectivity index (χ1v) is 5.37. The summed E-state index contributed by atoms with van der Waals surface area (Å²) < 4.78 is 0. The third-order valence-electron chi connectivity index (χ3n) is 2.23. The highest BCUT2D eigenvalue weighted by molar-refractivity contribution is 5.73. The lowest BCUT2D eigenvalue weighted by Gasteiger charge is -2.23. The zero-order chi connectivity index (χ0) is 13.5. The van der Waals surface area contributed by atoms with E-state index in [1.54, 1.807) is 0 Å². The van der Waals surface area contributed by atoms with Gasteiger partial charge in [-0.25, -0.2) is 9.97 Å². The van der Waals surface area contributed by atoms with Crippen LogP contribution >= 0.6 is 0 Å². The molecule has 1 aromatic rings. The van der Waals surface area contributed by atoms with Crippen molar-refractivity contribution >= 4 is 11.8 Å². The second kappa shape index (κ2) is 6.51. The molecule has 0 aliphatic heterocycles. The van der Waals surface area contributed by atoms with Crippen molar-refractivity contribution in [3.8, 4) is 6.07 Å². The minimum absolute atomic E-state index is 0.137. The number of nitrogens with zero attached hydrogens (tertiary/aromatic N) is 5. The Morgan fingerprint density at radius 3 is 2.61 bits per heavy atom. The van der Waals surface area contributed by atoms with Crippen molar-refractivity contribution in [2.75, 3.05) is 38.6 Å². The predicted octanol–water partition coefficient (Wildman–Crippen LogP) is -0.199. The number of hydrogen-bond acceptors (Lipinski definition) is 6. The SMILES string of the molecule is CN(C)CCN(CC(=O)O)c1nccnc1C#N. The maximum atomic E-state index is 10.8. The van der Waals surface area contributed by atoms with Gasteiger partial charge >= 0.3 is 5.97 Å². The summed E-state index contributed by atoms with van der Waals surface area (Å²) in [5.41, 5.74) is 0.137. The number of rotatable bonds is 6. The van der Waals surface area contributed by atoms with E-state index in [2.05, 4.69) is 9.97 Å². The highest BCUT2D eigenvalue weighted by Gasteiger charge is 2.16. The molecule has 0 aliphatic carbocycles. The van der Waals surface area contributed by atoms with Crippen molar-refractivity contribution in [2.24, 2.45) is 0 Å². The Balaban J connectivity index is 2.94. The largest absolute Gasteiger partial charge is 0.480 e. The molecule has 96 valence electrons. The average molecular weight is 249 g/mol. The number of nitriles is 1. The molecule has 1 rings (SSSR count). The Hall–Kier alpha value is -2.20. The van der Waals surface area contributed by atoms with Crippen LogP contribution in [0.15, 0.2) is 12.4 Å². The third kappa shape index (κ3) is 3.99. The highest BCUT2D eigenvalue weighted by Crippen LogP contribution is 2.13. The highest BCUT2D eigenvalue weighted by atomic mass is 16.4. The van der Waals surface area contributed by atoms with Gasteiger partial charge in [-0.15, -0.1) is 0 Å². The minimum Gasteiger partial charge on any atom is -0.480 e. The normalized spacial score (nSPS) is 10.1. The van der Waals surface area contributed by atoms with E-state index in [1.165, 1.54) is 17.3 Å². The smallest absolute Gasteiger partial charge is 0.323 e. The summed E-state index contributed by atoms with van der Waals surface area (Å²) in [7, 11) is 3.78. The molecule has 1 aromatic heterocycles. The number of hydrogen-bond donors (Lipinski definition) is 1. The molecule has 0 unspecified atom stereocenters. The quantitative estimate of drug-likeness (QED) is 0.746. The lowest BCUT2D eigenvalue weighted by atomic mass is 10.3. The summed E-state index contributed by atoms with van der Waals surface area (Å²) in [4.78, 5) is 22.2. The zero-order valence-corrected chi connectivity index (χ0v) is 10.4. The van der Waals surface area contributed by atoms with Crippen molar-refractivity contribution < 1.29 is 9.90 Å². The van der Waals surface area contributed by atoms with Crippen molar-refractivity contribution in [3.63, 3.8) is 0 Å². The van der Waals surface area contributed by atoms with E-state index in [0.29, 0.717) is 18.9 Å². The number of likely N-dealkylation sites (N-methyl/N-ethyl adjacent to an activating group) is 1. The van der Waals surface area contributed by atoms with Gasteiger partial charge in [-0.1, -0.05) is 0 Å². The number of anilines is 1. The van der Waals surface area contributed by atoms with Gasteiger partial charge in [0.2, 0.25) is 0 Å². The molecule has 0 saturated heterocycles. The van der Waals surface area contributed by atoms with Crippen LogP contribution in [0, 0.1) is 11.3 Å². The van der Waals surface area contributed by atoms with E-state index >= 15 is 0 Å². The topological polar surface area (TPSA) is 93.3 Å². The first kappa shape index (κ1) is 13.9. The standard InChI is InChI=1S/C11H15N5O2/c1-15(2)5-6-16(8-10(17)18)11-9(7-12)13-3-4-14-11/h3-4H,5-6,8H2,1-2H3,(H,17,18). The Bertz CT molecular complexity index is 455. The maximum absolute atomic E-state index is 10.8. The second-order valence-corrected chi connectivity index (χ2v) is 3.96. The molecule has 1 N–H and O–H groups in total. The van der Waals surface area contributed by atoms with Crippen LogP contribution in [0.4, 0.5) is 5.82 Å². The molecule has 0 aromatic carbocycles. The molecule has 0 bridgehead atoms. The second-order valence-electron chi connectivity index (χ2n) is 3.96. The van der Waals surface area contributed by atoms with Crippen LogP contribution in [-0.2, 0) is 4.79 Å². The number of carboxylic acids is 1. The van der Waals surface area contributed by atoms with Crippen molar-refractivity contribution in [1.29, 1.82) is 5.26 Å². The van der Waals surface area contributed by atoms with E-state index < -0.39 is 5.97 Å². The van der Waals surface area contributed by atoms with E-state index in [4.69, 9.17) is 10.4 Å². The maximum Gasteiger partial charge on any atom is 0.323 e. The lowest BCUT2D eigenvalue weighted by Crippen LogP contribution is -2.36. The molecule has 0 spiro atoms. The molecule has 0 saturated carbocycles. The van der Waals surface area contributed by atoms with Crippen LogP contribution in [0.25, 0.3) is 0 Å². The molecular formula is C11H15N5O2. The Morgan fingerprint density at radius 1 is 1.39 bits per heavy atom. The Morgan fingerprint density at radius 2 is 2.06 bits per heavy atom. The fraction of sp³-hybridized carbons (Fsp3) is 0.455. The van der Waals surface area contributed by atoms with E-state index in [1.807, 2.05) is 25.1 Å². The number of carbonyl (C=O) groups is 1. The molecule has 7 heteroatoms.